The zero-order valence-electron chi connectivity index (χ0n) is 14.2. The third-order valence-electron chi connectivity index (χ3n) is 3.17. The Morgan fingerprint density at radius 1 is 1.13 bits per heavy atom. The summed E-state index contributed by atoms with van der Waals surface area (Å²) in [5.41, 5.74) is 1.13. The highest BCUT2D eigenvalue weighted by atomic mass is 127. The van der Waals surface area contributed by atoms with Gasteiger partial charge in [0.15, 0.2) is 5.96 Å². The number of benzene rings is 1. The molecule has 0 radical (unpaired) electrons. The average Bonchev–Trinajstić information content (AvgIpc) is 2.52. The van der Waals surface area contributed by atoms with Crippen molar-refractivity contribution in [2.45, 2.75) is 38.9 Å². The van der Waals surface area contributed by atoms with Crippen LogP contribution in [-0.2, 0) is 16.6 Å². The molecule has 2 N–H and O–H groups in total. The second kappa shape index (κ2) is 14.9. The third kappa shape index (κ3) is 11.5. The Morgan fingerprint density at radius 3 is 2.52 bits per heavy atom. The monoisotopic (exact) mass is 451 g/mol. The number of hydrogen-bond acceptors (Lipinski definition) is 2. The molecule has 1 aromatic rings. The van der Waals surface area contributed by atoms with Crippen LogP contribution in [0, 0.1) is 0 Å². The normalized spacial score (nSPS) is 12.3. The van der Waals surface area contributed by atoms with Crippen molar-refractivity contribution in [3.05, 3.63) is 35.9 Å². The molecule has 0 fully saturated rings. The lowest BCUT2D eigenvalue weighted by molar-refractivity contribution is 0.680. The maximum Gasteiger partial charge on any atom is 0.191 e. The summed E-state index contributed by atoms with van der Waals surface area (Å²) >= 11 is 0. The Hall–Kier alpha value is -0.630. The van der Waals surface area contributed by atoms with Crippen LogP contribution in [0.25, 0.3) is 0 Å². The SMILES string of the molecule is CCCCCN=C(NCC)NCCS(=O)Cc1ccccc1.I. The number of aliphatic imine (C=N–C) groups is 1. The highest BCUT2D eigenvalue weighted by molar-refractivity contribution is 14.0. The van der Waals surface area contributed by atoms with Gasteiger partial charge < -0.3 is 10.6 Å². The fourth-order valence-corrected chi connectivity index (χ4v) is 3.05. The Balaban J connectivity index is 0.00000484. The van der Waals surface area contributed by atoms with Crippen molar-refractivity contribution in [3.8, 4) is 0 Å². The molecular weight excluding hydrogens is 421 g/mol. The lowest BCUT2D eigenvalue weighted by Gasteiger charge is -2.11. The molecule has 132 valence electrons. The first-order valence-corrected chi connectivity index (χ1v) is 9.66. The number of hydrogen-bond donors (Lipinski definition) is 2. The average molecular weight is 451 g/mol. The van der Waals surface area contributed by atoms with Crippen LogP contribution in [-0.4, -0.2) is 35.6 Å². The topological polar surface area (TPSA) is 53.5 Å². The first kappa shape index (κ1) is 22.4. The summed E-state index contributed by atoms with van der Waals surface area (Å²) in [5, 5.41) is 6.48. The molecule has 0 heterocycles. The van der Waals surface area contributed by atoms with Crippen molar-refractivity contribution in [2.75, 3.05) is 25.4 Å². The quantitative estimate of drug-likeness (QED) is 0.249. The van der Waals surface area contributed by atoms with E-state index in [0.717, 1.165) is 31.0 Å². The van der Waals surface area contributed by atoms with Gasteiger partial charge in [-0.05, 0) is 18.9 Å². The number of nitrogens with zero attached hydrogens (tertiary/aromatic N) is 1. The van der Waals surface area contributed by atoms with E-state index in [9.17, 15) is 4.21 Å². The van der Waals surface area contributed by atoms with Crippen molar-refractivity contribution in [3.63, 3.8) is 0 Å². The number of guanidine groups is 1. The van der Waals surface area contributed by atoms with E-state index in [1.165, 1.54) is 12.8 Å². The van der Waals surface area contributed by atoms with Gasteiger partial charge in [0, 0.05) is 41.9 Å². The Morgan fingerprint density at radius 2 is 1.87 bits per heavy atom. The minimum atomic E-state index is -0.845. The maximum atomic E-state index is 12.1. The molecular formula is C17H30IN3OS. The molecule has 1 atom stereocenters. The van der Waals surface area contributed by atoms with Gasteiger partial charge in [-0.15, -0.1) is 24.0 Å². The lowest BCUT2D eigenvalue weighted by Crippen LogP contribution is -2.39. The van der Waals surface area contributed by atoms with E-state index in [1.54, 1.807) is 0 Å². The summed E-state index contributed by atoms with van der Waals surface area (Å²) in [6, 6.07) is 9.98. The van der Waals surface area contributed by atoms with Gasteiger partial charge in [-0.2, -0.15) is 0 Å². The molecule has 0 aliphatic heterocycles. The summed E-state index contributed by atoms with van der Waals surface area (Å²) in [4.78, 5) is 4.53. The first-order valence-electron chi connectivity index (χ1n) is 8.17. The third-order valence-corrected chi connectivity index (χ3v) is 4.48. The highest BCUT2D eigenvalue weighted by Gasteiger charge is 2.02. The molecule has 4 nitrogen and oxygen atoms in total. The molecule has 23 heavy (non-hydrogen) atoms. The second-order valence-corrected chi connectivity index (χ2v) is 6.75. The van der Waals surface area contributed by atoms with Crippen molar-refractivity contribution >= 4 is 40.7 Å². The van der Waals surface area contributed by atoms with E-state index in [1.807, 2.05) is 30.3 Å². The highest BCUT2D eigenvalue weighted by Crippen LogP contribution is 2.02. The molecule has 0 saturated heterocycles. The number of nitrogens with one attached hydrogen (secondary N) is 2. The van der Waals surface area contributed by atoms with Gasteiger partial charge in [0.05, 0.1) is 0 Å². The molecule has 1 rings (SSSR count). The summed E-state index contributed by atoms with van der Waals surface area (Å²) in [5.74, 6) is 2.08. The molecule has 0 saturated carbocycles. The lowest BCUT2D eigenvalue weighted by atomic mass is 10.2. The van der Waals surface area contributed by atoms with Gasteiger partial charge in [0.1, 0.15) is 0 Å². The molecule has 0 aliphatic rings. The molecule has 6 heteroatoms. The van der Waals surface area contributed by atoms with Gasteiger partial charge in [0.2, 0.25) is 0 Å². The minimum Gasteiger partial charge on any atom is -0.357 e. The van der Waals surface area contributed by atoms with Gasteiger partial charge in [-0.3, -0.25) is 9.20 Å². The summed E-state index contributed by atoms with van der Waals surface area (Å²) in [6.07, 6.45) is 3.54. The largest absolute Gasteiger partial charge is 0.357 e. The van der Waals surface area contributed by atoms with E-state index in [0.29, 0.717) is 18.1 Å². The van der Waals surface area contributed by atoms with Gasteiger partial charge in [-0.1, -0.05) is 50.1 Å². The zero-order valence-corrected chi connectivity index (χ0v) is 17.4. The Bertz CT molecular complexity index is 454. The standard InChI is InChI=1S/C17H29N3OS.HI/c1-3-5-9-12-19-17(18-4-2)20-13-14-22(21)15-16-10-7-6-8-11-16;/h6-8,10-11H,3-5,9,12-15H2,1-2H3,(H2,18,19,20);1H. The van der Waals surface area contributed by atoms with Crippen LogP contribution in [0.5, 0.6) is 0 Å². The summed E-state index contributed by atoms with van der Waals surface area (Å²) in [6.45, 7) is 6.61. The van der Waals surface area contributed by atoms with Crippen LogP contribution in [0.15, 0.2) is 35.3 Å². The van der Waals surface area contributed by atoms with Gasteiger partial charge in [0.25, 0.3) is 0 Å². The maximum absolute atomic E-state index is 12.1. The zero-order chi connectivity index (χ0) is 16.0. The Labute approximate surface area is 160 Å². The molecule has 1 unspecified atom stereocenters. The van der Waals surface area contributed by atoms with Crippen LogP contribution in [0.2, 0.25) is 0 Å². The van der Waals surface area contributed by atoms with Crippen molar-refractivity contribution in [1.29, 1.82) is 0 Å². The van der Waals surface area contributed by atoms with E-state index >= 15 is 0 Å². The molecule has 0 aliphatic carbocycles. The van der Waals surface area contributed by atoms with Crippen LogP contribution in [0.4, 0.5) is 0 Å². The molecule has 1 aromatic carbocycles. The smallest absolute Gasteiger partial charge is 0.191 e. The first-order chi connectivity index (χ1) is 10.8. The predicted octanol–water partition coefficient (Wildman–Crippen LogP) is 3.30. The second-order valence-electron chi connectivity index (χ2n) is 5.17. The van der Waals surface area contributed by atoms with Crippen molar-refractivity contribution in [2.24, 2.45) is 4.99 Å². The van der Waals surface area contributed by atoms with Crippen LogP contribution in [0.3, 0.4) is 0 Å². The van der Waals surface area contributed by atoms with E-state index in [-0.39, 0.29) is 24.0 Å². The van der Waals surface area contributed by atoms with Crippen molar-refractivity contribution < 1.29 is 4.21 Å². The number of unbranched alkanes of at least 4 members (excludes halogenated alkanes) is 2. The van der Waals surface area contributed by atoms with Crippen LogP contribution in [0.1, 0.15) is 38.7 Å². The van der Waals surface area contributed by atoms with Gasteiger partial charge in [-0.25, -0.2) is 0 Å². The Kier molecular flexibility index (Phi) is 14.5. The number of rotatable bonds is 10. The summed E-state index contributed by atoms with van der Waals surface area (Å²) in [7, 11) is -0.845. The molecule has 0 spiro atoms. The fourth-order valence-electron chi connectivity index (χ4n) is 2.01. The van der Waals surface area contributed by atoms with E-state index in [2.05, 4.69) is 29.5 Å². The molecule has 0 aromatic heterocycles. The predicted molar refractivity (Wildman–Crippen MR) is 112 cm³/mol. The summed E-state index contributed by atoms with van der Waals surface area (Å²) < 4.78 is 12.1. The van der Waals surface area contributed by atoms with Gasteiger partial charge >= 0.3 is 0 Å². The fraction of sp³-hybridized carbons (Fsp3) is 0.588. The molecule has 0 amide bonds. The van der Waals surface area contributed by atoms with Crippen LogP contribution < -0.4 is 10.6 Å². The van der Waals surface area contributed by atoms with Crippen LogP contribution >= 0.6 is 24.0 Å². The van der Waals surface area contributed by atoms with Crippen molar-refractivity contribution in [1.82, 2.24) is 10.6 Å². The minimum absolute atomic E-state index is 0. The molecule has 0 bridgehead atoms. The van der Waals surface area contributed by atoms with E-state index in [4.69, 9.17) is 0 Å². The van der Waals surface area contributed by atoms with E-state index < -0.39 is 10.8 Å². The number of halogens is 1.